The van der Waals surface area contributed by atoms with E-state index in [0.717, 1.165) is 28.2 Å². The molecule has 0 radical (unpaired) electrons. The predicted molar refractivity (Wildman–Crippen MR) is 127 cm³/mol. The summed E-state index contributed by atoms with van der Waals surface area (Å²) in [7, 11) is -3.76. The summed E-state index contributed by atoms with van der Waals surface area (Å²) in [5, 5.41) is 2.31. The second-order valence-electron chi connectivity index (χ2n) is 8.33. The normalized spacial score (nSPS) is 18.2. The van der Waals surface area contributed by atoms with Crippen molar-refractivity contribution in [1.29, 1.82) is 0 Å². The predicted octanol–water partition coefficient (Wildman–Crippen LogP) is 3.03. The van der Waals surface area contributed by atoms with Crippen LogP contribution in [0.25, 0.3) is 0 Å². The van der Waals surface area contributed by atoms with E-state index in [1.54, 1.807) is 34.9 Å². The lowest BCUT2D eigenvalue weighted by atomic mass is 10.0. The molecule has 1 saturated heterocycles. The molecule has 0 saturated carbocycles. The standard InChI is InChI=1S/C24H26N2O6S2/c1-16-7-9-17(10-8-16)34(30,31)32-13-2-3-14-33-21-6-4-5-18-19(21)15-26(24(18)29)20-11-12-22(27)25-23(20)28/h4-10,20H,2-3,11-15H2,1H3,(H,25,27,28). The fourth-order valence-electron chi connectivity index (χ4n) is 4.02. The average molecular weight is 503 g/mol. The van der Waals surface area contributed by atoms with Gasteiger partial charge in [0, 0.05) is 23.4 Å². The van der Waals surface area contributed by atoms with Crippen LogP contribution in [0.3, 0.4) is 0 Å². The highest BCUT2D eigenvalue weighted by molar-refractivity contribution is 7.99. The van der Waals surface area contributed by atoms with E-state index in [1.165, 1.54) is 12.1 Å². The van der Waals surface area contributed by atoms with Gasteiger partial charge in [-0.25, -0.2) is 0 Å². The monoisotopic (exact) mass is 502 g/mol. The van der Waals surface area contributed by atoms with E-state index in [-0.39, 0.29) is 29.7 Å². The fraction of sp³-hybridized carbons (Fsp3) is 0.375. The van der Waals surface area contributed by atoms with Gasteiger partial charge in [0.2, 0.25) is 11.8 Å². The van der Waals surface area contributed by atoms with Crippen LogP contribution >= 0.6 is 11.8 Å². The maximum absolute atomic E-state index is 12.9. The second kappa shape index (κ2) is 10.3. The van der Waals surface area contributed by atoms with Crippen molar-refractivity contribution in [1.82, 2.24) is 10.2 Å². The Hall–Kier alpha value is -2.69. The third-order valence-electron chi connectivity index (χ3n) is 5.88. The molecule has 2 aromatic carbocycles. The quantitative estimate of drug-likeness (QED) is 0.243. The smallest absolute Gasteiger partial charge is 0.296 e. The number of thioether (sulfide) groups is 1. The molecule has 1 atom stereocenters. The molecule has 1 N–H and O–H groups in total. The van der Waals surface area contributed by atoms with Gasteiger partial charge in [-0.15, -0.1) is 11.8 Å². The first-order chi connectivity index (χ1) is 16.3. The van der Waals surface area contributed by atoms with Crippen molar-refractivity contribution in [2.24, 2.45) is 0 Å². The molecular formula is C24H26N2O6S2. The van der Waals surface area contributed by atoms with Crippen LogP contribution in [0.1, 0.15) is 47.2 Å². The Morgan fingerprint density at radius 2 is 1.85 bits per heavy atom. The van der Waals surface area contributed by atoms with Crippen LogP contribution in [0.15, 0.2) is 52.3 Å². The minimum Gasteiger partial charge on any atom is -0.322 e. The number of carbonyl (C=O) groups excluding carboxylic acids is 3. The molecule has 180 valence electrons. The van der Waals surface area contributed by atoms with Gasteiger partial charge in [-0.2, -0.15) is 8.42 Å². The third kappa shape index (κ3) is 5.34. The summed E-state index contributed by atoms with van der Waals surface area (Å²) in [6.45, 7) is 2.33. The van der Waals surface area contributed by atoms with Crippen LogP contribution in [-0.2, 0) is 30.4 Å². The molecule has 34 heavy (non-hydrogen) atoms. The number of unbranched alkanes of at least 4 members (excludes halogenated alkanes) is 1. The number of imide groups is 1. The number of fused-ring (bicyclic) bond motifs is 1. The number of aryl methyl sites for hydroxylation is 1. The molecule has 0 bridgehead atoms. The van der Waals surface area contributed by atoms with Crippen LogP contribution in [-0.4, -0.2) is 49.4 Å². The molecule has 1 unspecified atom stereocenters. The number of rotatable bonds is 9. The summed E-state index contributed by atoms with van der Waals surface area (Å²) < 4.78 is 29.6. The highest BCUT2D eigenvalue weighted by Gasteiger charge is 2.39. The molecule has 1 fully saturated rings. The number of piperidine rings is 1. The Bertz CT molecular complexity index is 1210. The summed E-state index contributed by atoms with van der Waals surface area (Å²) in [6.07, 6.45) is 1.87. The molecule has 0 aromatic heterocycles. The highest BCUT2D eigenvalue weighted by atomic mass is 32.2. The van der Waals surface area contributed by atoms with Crippen LogP contribution in [0.2, 0.25) is 0 Å². The van der Waals surface area contributed by atoms with Gasteiger partial charge < -0.3 is 4.90 Å². The second-order valence-corrected chi connectivity index (χ2v) is 11.1. The highest BCUT2D eigenvalue weighted by Crippen LogP contribution is 2.34. The molecule has 2 aliphatic heterocycles. The maximum Gasteiger partial charge on any atom is 0.296 e. The molecule has 3 amide bonds. The Labute approximate surface area is 203 Å². The SMILES string of the molecule is Cc1ccc(S(=O)(=O)OCCCCSc2cccc3c2CN(C2CCC(=O)NC2=O)C3=O)cc1. The van der Waals surface area contributed by atoms with Crippen molar-refractivity contribution in [3.05, 3.63) is 59.2 Å². The van der Waals surface area contributed by atoms with Crippen molar-refractivity contribution in [3.63, 3.8) is 0 Å². The number of benzene rings is 2. The van der Waals surface area contributed by atoms with E-state index >= 15 is 0 Å². The summed E-state index contributed by atoms with van der Waals surface area (Å²) >= 11 is 1.60. The fourth-order valence-corrected chi connectivity index (χ4v) is 6.05. The minimum atomic E-state index is -3.76. The first-order valence-electron chi connectivity index (χ1n) is 11.1. The summed E-state index contributed by atoms with van der Waals surface area (Å²) in [6, 6.07) is 11.4. The van der Waals surface area contributed by atoms with E-state index < -0.39 is 22.1 Å². The molecule has 10 heteroatoms. The summed E-state index contributed by atoms with van der Waals surface area (Å²) in [5.74, 6) is -0.192. The third-order valence-corrected chi connectivity index (χ3v) is 8.40. The Morgan fingerprint density at radius 3 is 2.59 bits per heavy atom. The minimum absolute atomic E-state index is 0.103. The largest absolute Gasteiger partial charge is 0.322 e. The molecule has 0 aliphatic carbocycles. The van der Waals surface area contributed by atoms with Gasteiger partial charge in [-0.05, 0) is 61.8 Å². The zero-order valence-electron chi connectivity index (χ0n) is 18.8. The van der Waals surface area contributed by atoms with Crippen LogP contribution in [0.5, 0.6) is 0 Å². The number of nitrogens with zero attached hydrogens (tertiary/aromatic N) is 1. The van der Waals surface area contributed by atoms with Gasteiger partial charge in [0.05, 0.1) is 11.5 Å². The van der Waals surface area contributed by atoms with Crippen molar-refractivity contribution < 1.29 is 27.0 Å². The Kier molecular flexibility index (Phi) is 7.39. The first kappa shape index (κ1) is 24.4. The molecule has 4 rings (SSSR count). The molecule has 8 nitrogen and oxygen atoms in total. The van der Waals surface area contributed by atoms with Gasteiger partial charge in [0.15, 0.2) is 0 Å². The number of nitrogens with one attached hydrogen (secondary N) is 1. The topological polar surface area (TPSA) is 110 Å². The molecule has 2 aliphatic rings. The average Bonchev–Trinajstić information content (AvgIpc) is 3.13. The molecule has 2 heterocycles. The van der Waals surface area contributed by atoms with E-state index in [9.17, 15) is 22.8 Å². The lowest BCUT2D eigenvalue weighted by Gasteiger charge is -2.29. The van der Waals surface area contributed by atoms with Crippen molar-refractivity contribution >= 4 is 39.6 Å². The van der Waals surface area contributed by atoms with E-state index in [1.807, 2.05) is 19.1 Å². The first-order valence-corrected chi connectivity index (χ1v) is 13.5. The molecular weight excluding hydrogens is 476 g/mol. The van der Waals surface area contributed by atoms with E-state index in [4.69, 9.17) is 4.18 Å². The van der Waals surface area contributed by atoms with Gasteiger partial charge in [0.25, 0.3) is 16.0 Å². The van der Waals surface area contributed by atoms with E-state index in [0.29, 0.717) is 24.9 Å². The lowest BCUT2D eigenvalue weighted by Crippen LogP contribution is -2.52. The van der Waals surface area contributed by atoms with Crippen LogP contribution in [0.4, 0.5) is 0 Å². The van der Waals surface area contributed by atoms with Crippen molar-refractivity contribution in [2.75, 3.05) is 12.4 Å². The van der Waals surface area contributed by atoms with Gasteiger partial charge >= 0.3 is 0 Å². The summed E-state index contributed by atoms with van der Waals surface area (Å²) in [5.41, 5.74) is 2.45. The number of amides is 3. The number of hydrogen-bond donors (Lipinski definition) is 1. The lowest BCUT2D eigenvalue weighted by molar-refractivity contribution is -0.136. The van der Waals surface area contributed by atoms with Crippen LogP contribution < -0.4 is 5.32 Å². The number of hydrogen-bond acceptors (Lipinski definition) is 7. The van der Waals surface area contributed by atoms with Gasteiger partial charge in [-0.1, -0.05) is 23.8 Å². The van der Waals surface area contributed by atoms with Gasteiger partial charge in [-0.3, -0.25) is 23.9 Å². The Balaban J connectivity index is 1.28. The zero-order valence-corrected chi connectivity index (χ0v) is 20.4. The Morgan fingerprint density at radius 1 is 1.09 bits per heavy atom. The number of carbonyl (C=O) groups is 3. The molecule has 2 aromatic rings. The summed E-state index contributed by atoms with van der Waals surface area (Å²) in [4.78, 5) is 39.2. The molecule has 0 spiro atoms. The maximum atomic E-state index is 12.9. The van der Waals surface area contributed by atoms with Gasteiger partial charge in [0.1, 0.15) is 6.04 Å². The van der Waals surface area contributed by atoms with E-state index in [2.05, 4.69) is 5.32 Å². The zero-order chi connectivity index (χ0) is 24.3. The van der Waals surface area contributed by atoms with Crippen LogP contribution in [0, 0.1) is 6.92 Å². The van der Waals surface area contributed by atoms with Crippen molar-refractivity contribution in [3.8, 4) is 0 Å². The van der Waals surface area contributed by atoms with Crippen molar-refractivity contribution in [2.45, 2.75) is 55.0 Å².